The van der Waals surface area contributed by atoms with Crippen LogP contribution in [-0.4, -0.2) is 47.4 Å². The van der Waals surface area contributed by atoms with Crippen molar-refractivity contribution in [1.82, 2.24) is 9.29 Å². The zero-order valence-electron chi connectivity index (χ0n) is 20.4. The van der Waals surface area contributed by atoms with Gasteiger partial charge in [-0.1, -0.05) is 13.0 Å². The van der Waals surface area contributed by atoms with Crippen molar-refractivity contribution in [3.8, 4) is 0 Å². The molecule has 1 fully saturated rings. The molecule has 0 bridgehead atoms. The van der Waals surface area contributed by atoms with Crippen LogP contribution in [0, 0.1) is 30.4 Å². The highest BCUT2D eigenvalue weighted by atomic mass is 32.2. The average molecular weight is 524 g/mol. The number of nitrogens with one attached hydrogen (secondary N) is 2. The molecule has 2 aromatic rings. The second-order valence-electron chi connectivity index (χ2n) is 10.1. The fourth-order valence-corrected chi connectivity index (χ4v) is 7.23. The first-order chi connectivity index (χ1) is 16.8. The van der Waals surface area contributed by atoms with Crippen LogP contribution in [0.5, 0.6) is 0 Å². The fourth-order valence-electron chi connectivity index (χ4n) is 5.38. The summed E-state index contributed by atoms with van der Waals surface area (Å²) in [7, 11) is -4.08. The Balaban J connectivity index is 1.65. The Morgan fingerprint density at radius 2 is 1.97 bits per heavy atom. The van der Waals surface area contributed by atoms with Crippen LogP contribution in [0.2, 0.25) is 0 Å². The van der Waals surface area contributed by atoms with Crippen LogP contribution in [-0.2, 0) is 16.6 Å². The summed E-state index contributed by atoms with van der Waals surface area (Å²) in [5.41, 5.74) is -0.564. The van der Waals surface area contributed by atoms with Gasteiger partial charge in [-0.05, 0) is 63.2 Å². The summed E-state index contributed by atoms with van der Waals surface area (Å²) in [5, 5.41) is 22.4. The molecule has 4 atom stereocenters. The molecule has 196 valence electrons. The van der Waals surface area contributed by atoms with Crippen LogP contribution >= 0.6 is 0 Å². The molecule has 2 aliphatic rings. The predicted octanol–water partition coefficient (Wildman–Crippen LogP) is 3.18. The van der Waals surface area contributed by atoms with E-state index in [0.29, 0.717) is 12.1 Å². The molecule has 2 heterocycles. The number of hydrogen-bond acceptors (Lipinski definition) is 5. The zero-order valence-corrected chi connectivity index (χ0v) is 21.2. The maximum atomic E-state index is 13.7. The van der Waals surface area contributed by atoms with E-state index in [1.54, 1.807) is 23.6 Å². The van der Waals surface area contributed by atoms with Crippen LogP contribution in [0.3, 0.4) is 0 Å². The Morgan fingerprint density at radius 1 is 1.25 bits per heavy atom. The zero-order chi connectivity index (χ0) is 26.4. The molecule has 0 saturated heterocycles. The minimum Gasteiger partial charge on any atom is -0.393 e. The summed E-state index contributed by atoms with van der Waals surface area (Å²) in [6, 6.07) is 2.53. The number of sulfonamides is 1. The third kappa shape index (κ3) is 4.97. The van der Waals surface area contributed by atoms with Gasteiger partial charge in [-0.15, -0.1) is 0 Å². The molecule has 4 N–H and O–H groups in total. The Bertz CT molecular complexity index is 1320. The predicted molar refractivity (Wildman–Crippen MR) is 131 cm³/mol. The summed E-state index contributed by atoms with van der Waals surface area (Å²) in [6.07, 6.45) is 5.10. The molecule has 0 radical (unpaired) electrons. The molecule has 36 heavy (non-hydrogen) atoms. The second kappa shape index (κ2) is 9.70. The first-order valence-electron chi connectivity index (χ1n) is 11.9. The highest BCUT2D eigenvalue weighted by molar-refractivity contribution is 7.89. The van der Waals surface area contributed by atoms with E-state index in [1.165, 1.54) is 13.0 Å². The van der Waals surface area contributed by atoms with Gasteiger partial charge in [0.2, 0.25) is 10.0 Å². The number of fused-ring (bicyclic) bond motifs is 1. The molecule has 4 unspecified atom stereocenters. The molecular formula is C25H31F2N3O5S. The molecule has 1 aromatic heterocycles. The number of halogens is 2. The van der Waals surface area contributed by atoms with Crippen molar-refractivity contribution in [2.24, 2.45) is 11.8 Å². The van der Waals surface area contributed by atoms with Gasteiger partial charge in [-0.3, -0.25) is 4.79 Å². The monoisotopic (exact) mass is 523 g/mol. The van der Waals surface area contributed by atoms with Crippen LogP contribution < -0.4 is 10.0 Å². The SMILES string of the molecule is Cc1c(S(=O)(=O)NC2C(C)CCC2CC(C)(O)CO)c2n(c1C(=O)Nc1ccc(F)c(F)c1)CC=C2. The average Bonchev–Trinajstić information content (AvgIpc) is 3.45. The molecule has 1 saturated carbocycles. The van der Waals surface area contributed by atoms with Gasteiger partial charge < -0.3 is 20.1 Å². The van der Waals surface area contributed by atoms with Crippen LogP contribution in [0.15, 0.2) is 29.2 Å². The number of carbonyl (C=O) groups is 1. The van der Waals surface area contributed by atoms with Crippen molar-refractivity contribution in [2.45, 2.75) is 63.1 Å². The summed E-state index contributed by atoms with van der Waals surface area (Å²) in [5.74, 6) is -2.95. The lowest BCUT2D eigenvalue weighted by atomic mass is 9.88. The van der Waals surface area contributed by atoms with Gasteiger partial charge in [0.25, 0.3) is 5.91 Å². The van der Waals surface area contributed by atoms with Crippen molar-refractivity contribution in [1.29, 1.82) is 0 Å². The summed E-state index contributed by atoms with van der Waals surface area (Å²) < 4.78 is 58.6. The Morgan fingerprint density at radius 3 is 2.64 bits per heavy atom. The number of nitrogens with zero attached hydrogens (tertiary/aromatic N) is 1. The number of hydrogen-bond donors (Lipinski definition) is 4. The lowest BCUT2D eigenvalue weighted by molar-refractivity contribution is -0.0194. The van der Waals surface area contributed by atoms with E-state index in [-0.39, 0.29) is 46.6 Å². The maximum absolute atomic E-state index is 13.7. The largest absolute Gasteiger partial charge is 0.393 e. The Hall–Kier alpha value is -2.60. The number of aromatic nitrogens is 1. The molecule has 0 spiro atoms. The number of rotatable bonds is 8. The minimum atomic E-state index is -4.08. The molecule has 4 rings (SSSR count). The number of aliphatic hydroxyl groups excluding tert-OH is 1. The lowest BCUT2D eigenvalue weighted by Gasteiger charge is -2.30. The van der Waals surface area contributed by atoms with Gasteiger partial charge >= 0.3 is 0 Å². The summed E-state index contributed by atoms with van der Waals surface area (Å²) in [6.45, 7) is 4.87. The number of benzene rings is 1. The third-order valence-corrected chi connectivity index (χ3v) is 8.80. The number of allylic oxidation sites excluding steroid dienone is 1. The van der Waals surface area contributed by atoms with Crippen LogP contribution in [0.1, 0.15) is 54.9 Å². The minimum absolute atomic E-state index is 0.0153. The molecule has 8 nitrogen and oxygen atoms in total. The van der Waals surface area contributed by atoms with Crippen LogP contribution in [0.25, 0.3) is 6.08 Å². The number of amides is 1. The molecule has 1 amide bonds. The topological polar surface area (TPSA) is 121 Å². The van der Waals surface area contributed by atoms with Crippen molar-refractivity contribution in [3.63, 3.8) is 0 Å². The van der Waals surface area contributed by atoms with E-state index in [2.05, 4.69) is 10.0 Å². The number of carbonyl (C=O) groups excluding carboxylic acids is 1. The number of aliphatic hydroxyl groups is 2. The lowest BCUT2D eigenvalue weighted by Crippen LogP contribution is -2.44. The Labute approximate surface area is 209 Å². The van der Waals surface area contributed by atoms with Gasteiger partial charge in [-0.2, -0.15) is 0 Å². The van der Waals surface area contributed by atoms with Crippen molar-refractivity contribution >= 4 is 27.7 Å². The van der Waals surface area contributed by atoms with Gasteiger partial charge in [0, 0.05) is 29.9 Å². The smallest absolute Gasteiger partial charge is 0.272 e. The first-order valence-corrected chi connectivity index (χ1v) is 13.3. The molecule has 1 aliphatic carbocycles. The van der Waals surface area contributed by atoms with Crippen molar-refractivity contribution in [3.05, 3.63) is 52.9 Å². The van der Waals surface area contributed by atoms with Crippen molar-refractivity contribution < 1.29 is 32.2 Å². The van der Waals surface area contributed by atoms with E-state index in [9.17, 15) is 32.2 Å². The highest BCUT2D eigenvalue weighted by Crippen LogP contribution is 2.38. The van der Waals surface area contributed by atoms with Crippen molar-refractivity contribution in [2.75, 3.05) is 11.9 Å². The van der Waals surface area contributed by atoms with E-state index < -0.39 is 45.8 Å². The van der Waals surface area contributed by atoms with Gasteiger partial charge in [0.15, 0.2) is 11.6 Å². The van der Waals surface area contributed by atoms with E-state index in [1.807, 2.05) is 6.92 Å². The molecule has 11 heteroatoms. The highest BCUT2D eigenvalue weighted by Gasteiger charge is 2.41. The third-order valence-electron chi connectivity index (χ3n) is 7.16. The fraction of sp³-hybridized carbons (Fsp3) is 0.480. The maximum Gasteiger partial charge on any atom is 0.272 e. The Kier molecular flexibility index (Phi) is 7.13. The summed E-state index contributed by atoms with van der Waals surface area (Å²) >= 11 is 0. The second-order valence-corrected chi connectivity index (χ2v) is 11.8. The van der Waals surface area contributed by atoms with Gasteiger partial charge in [0.1, 0.15) is 10.6 Å². The number of anilines is 1. The van der Waals surface area contributed by atoms with Gasteiger partial charge in [-0.25, -0.2) is 21.9 Å². The van der Waals surface area contributed by atoms with Gasteiger partial charge in [0.05, 0.1) is 17.9 Å². The molecular weight excluding hydrogens is 492 g/mol. The summed E-state index contributed by atoms with van der Waals surface area (Å²) in [4.78, 5) is 13.1. The van der Waals surface area contributed by atoms with E-state index in [0.717, 1.165) is 18.6 Å². The quantitative estimate of drug-likeness (QED) is 0.424. The first kappa shape index (κ1) is 26.5. The van der Waals surface area contributed by atoms with E-state index in [4.69, 9.17) is 0 Å². The van der Waals surface area contributed by atoms with E-state index >= 15 is 0 Å². The normalized spacial score (nSPS) is 23.0. The van der Waals surface area contributed by atoms with Crippen LogP contribution in [0.4, 0.5) is 14.5 Å². The molecule has 1 aliphatic heterocycles. The molecule has 1 aromatic carbocycles. The standard InChI is InChI=1S/C25H31F2N3O5S/c1-14-6-7-16(12-25(3,33)13-31)21(14)29-36(34,35)23-15(2)22(30-10-4-5-20(23)30)24(32)28-17-8-9-18(26)19(27)11-17/h4-5,8-9,11,14,16,21,29,31,33H,6-7,10,12-13H2,1-3H3,(H,28,32).